The minimum absolute atomic E-state index is 0.0747. The fourth-order valence-corrected chi connectivity index (χ4v) is 1.81. The molecule has 0 aliphatic heterocycles. The number of nitrogens with zero attached hydrogens (tertiary/aromatic N) is 1. The summed E-state index contributed by atoms with van der Waals surface area (Å²) < 4.78 is -0.0747. The molecule has 0 bridgehead atoms. The first-order valence-corrected chi connectivity index (χ1v) is 5.35. The molecule has 0 rings (SSSR count). The van der Waals surface area contributed by atoms with Gasteiger partial charge in [0.1, 0.15) is 0 Å². The molecule has 60 valence electrons. The van der Waals surface area contributed by atoms with E-state index in [9.17, 15) is 0 Å². The predicted molar refractivity (Wildman–Crippen MR) is 50.3 cm³/mol. The van der Waals surface area contributed by atoms with Gasteiger partial charge in [-0.25, -0.2) is 0 Å². The van der Waals surface area contributed by atoms with E-state index in [1.807, 2.05) is 26.4 Å². The highest BCUT2D eigenvalue weighted by atomic mass is 32.2. The summed E-state index contributed by atoms with van der Waals surface area (Å²) in [5.74, 6) is 0. The molecular formula is C6H13NOS2. The fourth-order valence-electron chi connectivity index (χ4n) is 0.470. The van der Waals surface area contributed by atoms with Crippen molar-refractivity contribution < 1.29 is 5.21 Å². The molecule has 4 heteroatoms. The van der Waals surface area contributed by atoms with Gasteiger partial charge < -0.3 is 5.21 Å². The largest absolute Gasteiger partial charge is 0.411 e. The number of oxime groups is 1. The third-order valence-electron chi connectivity index (χ3n) is 1.59. The van der Waals surface area contributed by atoms with Gasteiger partial charge in [0.15, 0.2) is 0 Å². The molecule has 0 radical (unpaired) electrons. The Labute approximate surface area is 70.5 Å². The molecule has 0 amide bonds. The van der Waals surface area contributed by atoms with Gasteiger partial charge in [0.25, 0.3) is 0 Å². The van der Waals surface area contributed by atoms with Gasteiger partial charge in [0.2, 0.25) is 0 Å². The Morgan fingerprint density at radius 1 is 1.40 bits per heavy atom. The van der Waals surface area contributed by atoms with Crippen LogP contribution < -0.4 is 0 Å². The number of hydrogen-bond acceptors (Lipinski definition) is 4. The Hall–Kier alpha value is 0.170. The normalized spacial score (nSPS) is 13.8. The van der Waals surface area contributed by atoms with E-state index in [4.69, 9.17) is 5.21 Å². The van der Waals surface area contributed by atoms with Gasteiger partial charge in [-0.2, -0.15) is 0 Å². The first kappa shape index (κ1) is 10.2. The van der Waals surface area contributed by atoms with Crippen molar-refractivity contribution in [2.45, 2.75) is 17.9 Å². The van der Waals surface area contributed by atoms with Crippen LogP contribution in [0.25, 0.3) is 0 Å². The van der Waals surface area contributed by atoms with E-state index in [0.29, 0.717) is 0 Å². The van der Waals surface area contributed by atoms with E-state index in [1.54, 1.807) is 23.5 Å². The highest BCUT2D eigenvalue weighted by molar-refractivity contribution is 8.18. The van der Waals surface area contributed by atoms with Crippen molar-refractivity contribution in [1.29, 1.82) is 0 Å². The Balaban J connectivity index is 4.32. The van der Waals surface area contributed by atoms with E-state index in [-0.39, 0.29) is 4.08 Å². The van der Waals surface area contributed by atoms with Crippen LogP contribution in [-0.4, -0.2) is 27.5 Å². The summed E-state index contributed by atoms with van der Waals surface area (Å²) in [6, 6.07) is 0. The van der Waals surface area contributed by atoms with E-state index >= 15 is 0 Å². The Morgan fingerprint density at radius 2 is 1.80 bits per heavy atom. The first-order chi connectivity index (χ1) is 4.60. The average molecular weight is 179 g/mol. The van der Waals surface area contributed by atoms with Gasteiger partial charge >= 0.3 is 0 Å². The van der Waals surface area contributed by atoms with Gasteiger partial charge in [-0.1, -0.05) is 5.16 Å². The predicted octanol–water partition coefficient (Wildman–Crippen LogP) is 2.28. The van der Waals surface area contributed by atoms with Crippen molar-refractivity contribution in [2.24, 2.45) is 5.16 Å². The molecule has 2 nitrogen and oxygen atoms in total. The second kappa shape index (κ2) is 4.13. The Bertz CT molecular complexity index is 132. The van der Waals surface area contributed by atoms with E-state index in [2.05, 4.69) is 5.16 Å². The van der Waals surface area contributed by atoms with Crippen LogP contribution in [0.1, 0.15) is 13.8 Å². The molecule has 1 N–H and O–H groups in total. The lowest BCUT2D eigenvalue weighted by molar-refractivity contribution is 0.317. The summed E-state index contributed by atoms with van der Waals surface area (Å²) in [6.45, 7) is 3.87. The Kier molecular flexibility index (Phi) is 4.20. The summed E-state index contributed by atoms with van der Waals surface area (Å²) in [4.78, 5) is 0. The maximum atomic E-state index is 8.49. The van der Waals surface area contributed by atoms with Crippen molar-refractivity contribution in [2.75, 3.05) is 12.5 Å². The lowest BCUT2D eigenvalue weighted by atomic mass is 10.3. The zero-order valence-corrected chi connectivity index (χ0v) is 8.34. The molecule has 0 aliphatic rings. The molecule has 0 fully saturated rings. The summed E-state index contributed by atoms with van der Waals surface area (Å²) in [7, 11) is 0. The van der Waals surface area contributed by atoms with Crippen molar-refractivity contribution in [3.05, 3.63) is 0 Å². The van der Waals surface area contributed by atoms with Gasteiger partial charge in [0.05, 0.1) is 9.79 Å². The summed E-state index contributed by atoms with van der Waals surface area (Å²) in [5.41, 5.74) is 0.757. The molecule has 0 atom stereocenters. The van der Waals surface area contributed by atoms with Crippen molar-refractivity contribution in [3.63, 3.8) is 0 Å². The van der Waals surface area contributed by atoms with Crippen LogP contribution in [0.3, 0.4) is 0 Å². The molecule has 0 heterocycles. The molecule has 10 heavy (non-hydrogen) atoms. The zero-order chi connectivity index (χ0) is 8.20. The topological polar surface area (TPSA) is 32.6 Å². The van der Waals surface area contributed by atoms with Gasteiger partial charge in [0, 0.05) is 0 Å². The number of thioether (sulfide) groups is 2. The molecule has 0 saturated carbocycles. The monoisotopic (exact) mass is 179 g/mol. The summed E-state index contributed by atoms with van der Waals surface area (Å²) >= 11 is 3.35. The van der Waals surface area contributed by atoms with Gasteiger partial charge in [-0.15, -0.1) is 23.5 Å². The molecule has 0 aromatic carbocycles. The maximum Gasteiger partial charge on any atom is 0.0987 e. The van der Waals surface area contributed by atoms with E-state index in [1.165, 1.54) is 0 Å². The van der Waals surface area contributed by atoms with E-state index < -0.39 is 0 Å². The molecule has 0 spiro atoms. The number of rotatable bonds is 3. The van der Waals surface area contributed by atoms with Crippen molar-refractivity contribution in [3.8, 4) is 0 Å². The summed E-state index contributed by atoms with van der Waals surface area (Å²) in [5, 5.41) is 11.7. The zero-order valence-electron chi connectivity index (χ0n) is 6.71. The second-order valence-electron chi connectivity index (χ2n) is 2.04. The fraction of sp³-hybridized carbons (Fsp3) is 0.833. The lowest BCUT2D eigenvalue weighted by Gasteiger charge is -2.23. The third kappa shape index (κ3) is 2.09. The average Bonchev–Trinajstić information content (AvgIpc) is 2.01. The van der Waals surface area contributed by atoms with Gasteiger partial charge in [-0.3, -0.25) is 0 Å². The molecular weight excluding hydrogens is 166 g/mol. The second-order valence-corrected chi connectivity index (χ2v) is 4.75. The standard InChI is InChI=1S/C6H13NOS2/c1-5(7-8)6(2,9-3)10-4/h8H,1-4H3/b7-5+. The smallest absolute Gasteiger partial charge is 0.0987 e. The SMILES string of the molecule is CSC(C)(SC)/C(C)=N/O. The first-order valence-electron chi connectivity index (χ1n) is 2.90. The Morgan fingerprint density at radius 3 is 1.90 bits per heavy atom. The van der Waals surface area contributed by atoms with Crippen LogP contribution >= 0.6 is 23.5 Å². The van der Waals surface area contributed by atoms with Crippen molar-refractivity contribution in [1.82, 2.24) is 0 Å². The maximum absolute atomic E-state index is 8.49. The van der Waals surface area contributed by atoms with Crippen LogP contribution in [0, 0.1) is 0 Å². The third-order valence-corrected chi connectivity index (χ3v) is 4.74. The van der Waals surface area contributed by atoms with Crippen LogP contribution in [0.2, 0.25) is 0 Å². The summed E-state index contributed by atoms with van der Waals surface area (Å²) in [6.07, 6.45) is 4.01. The van der Waals surface area contributed by atoms with Crippen LogP contribution in [-0.2, 0) is 0 Å². The minimum atomic E-state index is -0.0747. The van der Waals surface area contributed by atoms with E-state index in [0.717, 1.165) is 5.71 Å². The lowest BCUT2D eigenvalue weighted by Crippen LogP contribution is -2.24. The van der Waals surface area contributed by atoms with Crippen LogP contribution in [0.4, 0.5) is 0 Å². The van der Waals surface area contributed by atoms with Crippen molar-refractivity contribution >= 4 is 29.2 Å². The minimum Gasteiger partial charge on any atom is -0.411 e. The molecule has 0 aromatic rings. The van der Waals surface area contributed by atoms with Crippen LogP contribution in [0.5, 0.6) is 0 Å². The quantitative estimate of drug-likeness (QED) is 0.312. The number of hydrogen-bond donors (Lipinski definition) is 1. The van der Waals surface area contributed by atoms with Crippen LogP contribution in [0.15, 0.2) is 5.16 Å². The highest BCUT2D eigenvalue weighted by Crippen LogP contribution is 2.34. The molecule has 0 aromatic heterocycles. The molecule has 0 unspecified atom stereocenters. The molecule has 0 aliphatic carbocycles. The van der Waals surface area contributed by atoms with Gasteiger partial charge in [-0.05, 0) is 26.4 Å². The highest BCUT2D eigenvalue weighted by Gasteiger charge is 2.25. The molecule has 0 saturated heterocycles.